The second-order valence-electron chi connectivity index (χ2n) is 9.76. The van der Waals surface area contributed by atoms with Crippen molar-refractivity contribution in [2.75, 3.05) is 0 Å². The fourth-order valence-corrected chi connectivity index (χ4v) is 5.06. The fraction of sp³-hybridized carbons (Fsp3) is 0.364. The Hall–Kier alpha value is -2.93. The van der Waals surface area contributed by atoms with Crippen molar-refractivity contribution in [1.29, 1.82) is 0 Å². The van der Waals surface area contributed by atoms with Crippen LogP contribution in [0.5, 0.6) is 0 Å². The fourth-order valence-electron chi connectivity index (χ4n) is 5.06. The summed E-state index contributed by atoms with van der Waals surface area (Å²) in [5.74, 6) is 0.173. The Labute approximate surface area is 206 Å². The van der Waals surface area contributed by atoms with Crippen molar-refractivity contribution in [3.05, 3.63) is 112 Å². The minimum Gasteiger partial charge on any atom is -0.256 e. The van der Waals surface area contributed by atoms with Crippen LogP contribution in [0.25, 0.3) is 10.9 Å². The molecule has 0 atom stereocenters. The van der Waals surface area contributed by atoms with Gasteiger partial charge in [-0.15, -0.1) is 0 Å². The van der Waals surface area contributed by atoms with Crippen LogP contribution in [0.1, 0.15) is 91.7 Å². The van der Waals surface area contributed by atoms with E-state index in [-0.39, 0.29) is 5.92 Å². The standard InChI is InChI=1S/C33H39N/c1-4-6-8-11-26-14-18-28(19-15-26)32(29-20-16-27(17-21-29)12-9-7-5-2)31-24-25(3)23-30-13-10-22-34-33(30)31/h10,13-24,32H,4-9,11-12H2,1-3H3. The van der Waals surface area contributed by atoms with Crippen molar-refractivity contribution in [2.24, 2.45) is 0 Å². The predicted octanol–water partition coefficient (Wildman–Crippen LogP) is 9.19. The summed E-state index contributed by atoms with van der Waals surface area (Å²) in [7, 11) is 0. The van der Waals surface area contributed by atoms with E-state index in [1.165, 1.54) is 90.1 Å². The van der Waals surface area contributed by atoms with E-state index in [4.69, 9.17) is 4.98 Å². The lowest BCUT2D eigenvalue weighted by Gasteiger charge is -2.22. The lowest BCUT2D eigenvalue weighted by molar-refractivity contribution is 0.717. The Balaban J connectivity index is 1.74. The van der Waals surface area contributed by atoms with Crippen LogP contribution in [0.3, 0.4) is 0 Å². The van der Waals surface area contributed by atoms with Crippen LogP contribution in [0, 0.1) is 6.92 Å². The highest BCUT2D eigenvalue weighted by molar-refractivity contribution is 5.84. The first-order chi connectivity index (χ1) is 16.7. The molecule has 0 aliphatic carbocycles. The first kappa shape index (κ1) is 24.2. The summed E-state index contributed by atoms with van der Waals surface area (Å²) < 4.78 is 0. The van der Waals surface area contributed by atoms with E-state index < -0.39 is 0 Å². The van der Waals surface area contributed by atoms with Crippen molar-refractivity contribution in [1.82, 2.24) is 4.98 Å². The van der Waals surface area contributed by atoms with Crippen LogP contribution in [-0.4, -0.2) is 4.98 Å². The van der Waals surface area contributed by atoms with Gasteiger partial charge < -0.3 is 0 Å². The zero-order chi connectivity index (χ0) is 23.8. The highest BCUT2D eigenvalue weighted by Crippen LogP contribution is 2.36. The van der Waals surface area contributed by atoms with E-state index in [0.717, 1.165) is 5.52 Å². The maximum absolute atomic E-state index is 4.83. The van der Waals surface area contributed by atoms with Gasteiger partial charge in [-0.25, -0.2) is 0 Å². The highest BCUT2D eigenvalue weighted by Gasteiger charge is 2.20. The molecular weight excluding hydrogens is 410 g/mol. The summed E-state index contributed by atoms with van der Waals surface area (Å²) in [6.07, 6.45) is 11.9. The molecule has 1 heterocycles. The van der Waals surface area contributed by atoms with Gasteiger partial charge in [0.2, 0.25) is 0 Å². The molecule has 0 bridgehead atoms. The number of pyridine rings is 1. The molecule has 0 aliphatic rings. The SMILES string of the molecule is CCCCCc1ccc(C(c2ccc(CCCCC)cc2)c2cc(C)cc3cccnc23)cc1. The van der Waals surface area contributed by atoms with E-state index in [2.05, 4.69) is 87.5 Å². The van der Waals surface area contributed by atoms with E-state index >= 15 is 0 Å². The maximum Gasteiger partial charge on any atom is 0.0743 e. The highest BCUT2D eigenvalue weighted by atomic mass is 14.7. The van der Waals surface area contributed by atoms with Gasteiger partial charge in [0.15, 0.2) is 0 Å². The quantitative estimate of drug-likeness (QED) is 0.164. The van der Waals surface area contributed by atoms with Gasteiger partial charge >= 0.3 is 0 Å². The van der Waals surface area contributed by atoms with Gasteiger partial charge in [0.05, 0.1) is 5.52 Å². The largest absolute Gasteiger partial charge is 0.256 e. The van der Waals surface area contributed by atoms with E-state index in [9.17, 15) is 0 Å². The minimum atomic E-state index is 0.173. The summed E-state index contributed by atoms with van der Waals surface area (Å²) in [5.41, 5.74) is 9.26. The van der Waals surface area contributed by atoms with Gasteiger partial charge in [0.25, 0.3) is 0 Å². The molecule has 34 heavy (non-hydrogen) atoms. The third kappa shape index (κ3) is 5.95. The molecule has 1 nitrogen and oxygen atoms in total. The molecule has 0 N–H and O–H groups in total. The molecule has 4 aromatic rings. The molecule has 0 saturated carbocycles. The summed E-state index contributed by atoms with van der Waals surface area (Å²) in [6.45, 7) is 6.73. The molecule has 0 amide bonds. The molecule has 176 valence electrons. The van der Waals surface area contributed by atoms with E-state index in [0.29, 0.717) is 0 Å². The van der Waals surface area contributed by atoms with Gasteiger partial charge in [-0.2, -0.15) is 0 Å². The summed E-state index contributed by atoms with van der Waals surface area (Å²) in [4.78, 5) is 4.83. The Kier molecular flexibility index (Phi) is 8.52. The van der Waals surface area contributed by atoms with Crippen molar-refractivity contribution in [2.45, 2.75) is 78.1 Å². The molecule has 1 aromatic heterocycles. The Morgan fingerprint density at radius 1 is 0.676 bits per heavy atom. The zero-order valence-corrected chi connectivity index (χ0v) is 21.2. The van der Waals surface area contributed by atoms with Crippen molar-refractivity contribution in [3.63, 3.8) is 0 Å². The smallest absolute Gasteiger partial charge is 0.0743 e. The Morgan fingerprint density at radius 2 is 1.24 bits per heavy atom. The number of aromatic nitrogens is 1. The van der Waals surface area contributed by atoms with Crippen LogP contribution in [0.2, 0.25) is 0 Å². The zero-order valence-electron chi connectivity index (χ0n) is 21.2. The number of hydrogen-bond donors (Lipinski definition) is 0. The number of hydrogen-bond acceptors (Lipinski definition) is 1. The molecule has 0 fully saturated rings. The summed E-state index contributed by atoms with van der Waals surface area (Å²) in [6, 6.07) is 27.5. The molecule has 0 radical (unpaired) electrons. The first-order valence-electron chi connectivity index (χ1n) is 13.2. The van der Waals surface area contributed by atoms with Gasteiger partial charge in [0.1, 0.15) is 0 Å². The monoisotopic (exact) mass is 449 g/mol. The second-order valence-corrected chi connectivity index (χ2v) is 9.76. The Bertz CT molecular complexity index is 1120. The number of rotatable bonds is 11. The lowest BCUT2D eigenvalue weighted by Crippen LogP contribution is -2.06. The molecule has 0 unspecified atom stereocenters. The molecular formula is C33H39N. The van der Waals surface area contributed by atoms with Gasteiger partial charge in [0, 0.05) is 17.5 Å². The van der Waals surface area contributed by atoms with Crippen molar-refractivity contribution < 1.29 is 0 Å². The van der Waals surface area contributed by atoms with E-state index in [1.807, 2.05) is 12.3 Å². The molecule has 0 saturated heterocycles. The molecule has 3 aromatic carbocycles. The normalized spacial score (nSPS) is 11.4. The summed E-state index contributed by atoms with van der Waals surface area (Å²) in [5, 5.41) is 1.22. The van der Waals surface area contributed by atoms with Gasteiger partial charge in [-0.3, -0.25) is 4.98 Å². The summed E-state index contributed by atoms with van der Waals surface area (Å²) >= 11 is 0. The number of nitrogens with zero attached hydrogens (tertiary/aromatic N) is 1. The predicted molar refractivity (Wildman–Crippen MR) is 147 cm³/mol. The molecule has 1 heteroatoms. The third-order valence-corrected chi connectivity index (χ3v) is 6.95. The number of unbranched alkanes of at least 4 members (excludes halogenated alkanes) is 4. The number of fused-ring (bicyclic) bond motifs is 1. The van der Waals surface area contributed by atoms with Gasteiger partial charge in [-0.1, -0.05) is 106 Å². The minimum absolute atomic E-state index is 0.173. The van der Waals surface area contributed by atoms with Crippen LogP contribution in [0.15, 0.2) is 79.0 Å². The number of aryl methyl sites for hydroxylation is 3. The van der Waals surface area contributed by atoms with E-state index in [1.54, 1.807) is 0 Å². The van der Waals surface area contributed by atoms with Gasteiger partial charge in [-0.05, 0) is 72.6 Å². The van der Waals surface area contributed by atoms with Crippen LogP contribution in [-0.2, 0) is 12.8 Å². The van der Waals surface area contributed by atoms with Crippen LogP contribution in [0.4, 0.5) is 0 Å². The van der Waals surface area contributed by atoms with Crippen LogP contribution < -0.4 is 0 Å². The first-order valence-corrected chi connectivity index (χ1v) is 13.2. The van der Waals surface area contributed by atoms with Crippen molar-refractivity contribution in [3.8, 4) is 0 Å². The third-order valence-electron chi connectivity index (χ3n) is 6.95. The van der Waals surface area contributed by atoms with Crippen molar-refractivity contribution >= 4 is 10.9 Å². The maximum atomic E-state index is 4.83. The van der Waals surface area contributed by atoms with Crippen LogP contribution >= 0.6 is 0 Å². The second kappa shape index (κ2) is 12.0. The average Bonchev–Trinajstić information content (AvgIpc) is 2.86. The molecule has 0 spiro atoms. The Morgan fingerprint density at radius 3 is 1.76 bits per heavy atom. The topological polar surface area (TPSA) is 12.9 Å². The lowest BCUT2D eigenvalue weighted by atomic mass is 9.82. The number of benzene rings is 3. The molecule has 4 rings (SSSR count). The average molecular weight is 450 g/mol. The molecule has 0 aliphatic heterocycles.